The Labute approximate surface area is 136 Å². The molecule has 1 aromatic rings. The number of hydrogen-bond acceptors (Lipinski definition) is 4. The highest BCUT2D eigenvalue weighted by Crippen LogP contribution is 2.32. The fourth-order valence-corrected chi connectivity index (χ4v) is 3.37. The van der Waals surface area contributed by atoms with Crippen LogP contribution in [0.25, 0.3) is 0 Å². The van der Waals surface area contributed by atoms with Crippen LogP contribution in [0.1, 0.15) is 13.3 Å². The van der Waals surface area contributed by atoms with E-state index >= 15 is 0 Å². The Morgan fingerprint density at radius 3 is 2.74 bits per heavy atom. The number of carbonyl (C=O) groups is 2. The van der Waals surface area contributed by atoms with Gasteiger partial charge in [-0.3, -0.25) is 9.69 Å². The lowest BCUT2D eigenvalue weighted by molar-refractivity contribution is -0.125. The number of rotatable bonds is 5. The Bertz CT molecular complexity index is 605. The normalized spacial score (nSPS) is 21.5. The minimum atomic E-state index is -0.145. The first kappa shape index (κ1) is 15.6. The first-order chi connectivity index (χ1) is 11.1. The van der Waals surface area contributed by atoms with Crippen molar-refractivity contribution in [3.05, 3.63) is 24.3 Å². The van der Waals surface area contributed by atoms with E-state index in [1.807, 2.05) is 31.2 Å². The van der Waals surface area contributed by atoms with Crippen LogP contribution in [0.4, 0.5) is 10.5 Å². The van der Waals surface area contributed by atoms with Gasteiger partial charge < -0.3 is 14.5 Å². The number of likely N-dealkylation sites (N-methyl/N-ethyl adjacent to an activating group) is 1. The highest BCUT2D eigenvalue weighted by molar-refractivity contribution is 6.02. The third kappa shape index (κ3) is 2.98. The molecule has 2 aliphatic rings. The lowest BCUT2D eigenvalue weighted by Gasteiger charge is -2.22. The van der Waals surface area contributed by atoms with E-state index < -0.39 is 0 Å². The third-order valence-corrected chi connectivity index (χ3v) is 4.66. The Morgan fingerprint density at radius 1 is 1.26 bits per heavy atom. The van der Waals surface area contributed by atoms with Crippen molar-refractivity contribution >= 4 is 17.6 Å². The molecule has 2 saturated heterocycles. The van der Waals surface area contributed by atoms with E-state index in [0.29, 0.717) is 19.0 Å². The van der Waals surface area contributed by atoms with Crippen molar-refractivity contribution in [3.63, 3.8) is 0 Å². The van der Waals surface area contributed by atoms with E-state index in [0.717, 1.165) is 30.9 Å². The van der Waals surface area contributed by atoms with Crippen molar-refractivity contribution in [2.75, 3.05) is 44.7 Å². The Balaban J connectivity index is 1.64. The molecule has 2 fully saturated rings. The third-order valence-electron chi connectivity index (χ3n) is 4.66. The number of hydrogen-bond donors (Lipinski definition) is 0. The first-order valence-electron chi connectivity index (χ1n) is 8.11. The standard InChI is InChI=1S/C17H23N3O3/c1-3-18-12-16(21)20(17(18)22)11-13-8-9-19(10-13)14-6-4-5-7-15(14)23-2/h4-7,13H,3,8-12H2,1-2H3. The summed E-state index contributed by atoms with van der Waals surface area (Å²) in [7, 11) is 1.67. The smallest absolute Gasteiger partial charge is 0.327 e. The van der Waals surface area contributed by atoms with Gasteiger partial charge in [0, 0.05) is 26.2 Å². The summed E-state index contributed by atoms with van der Waals surface area (Å²) in [6.45, 7) is 4.97. The molecular weight excluding hydrogens is 294 g/mol. The van der Waals surface area contributed by atoms with Crippen molar-refractivity contribution in [2.24, 2.45) is 5.92 Å². The summed E-state index contributed by atoms with van der Waals surface area (Å²) < 4.78 is 5.42. The molecule has 23 heavy (non-hydrogen) atoms. The number of carbonyl (C=O) groups excluding carboxylic acids is 2. The molecule has 3 rings (SSSR count). The summed E-state index contributed by atoms with van der Waals surface area (Å²) in [6, 6.07) is 7.81. The maximum atomic E-state index is 12.2. The van der Waals surface area contributed by atoms with Gasteiger partial charge in [0.25, 0.3) is 0 Å². The summed E-state index contributed by atoms with van der Waals surface area (Å²) in [4.78, 5) is 29.5. The summed E-state index contributed by atoms with van der Waals surface area (Å²) in [5.41, 5.74) is 1.08. The summed E-state index contributed by atoms with van der Waals surface area (Å²) in [6.07, 6.45) is 0.973. The second-order valence-corrected chi connectivity index (χ2v) is 6.07. The molecule has 0 aromatic heterocycles. The van der Waals surface area contributed by atoms with Crippen LogP contribution in [-0.4, -0.2) is 61.6 Å². The summed E-state index contributed by atoms with van der Waals surface area (Å²) >= 11 is 0. The molecule has 3 amide bonds. The van der Waals surface area contributed by atoms with Gasteiger partial charge in [-0.15, -0.1) is 0 Å². The zero-order chi connectivity index (χ0) is 16.4. The molecule has 1 unspecified atom stereocenters. The molecule has 0 aliphatic carbocycles. The van der Waals surface area contributed by atoms with Crippen molar-refractivity contribution in [1.82, 2.24) is 9.80 Å². The molecule has 2 heterocycles. The van der Waals surface area contributed by atoms with Crippen molar-refractivity contribution in [3.8, 4) is 5.75 Å². The monoisotopic (exact) mass is 317 g/mol. The highest BCUT2D eigenvalue weighted by atomic mass is 16.5. The van der Waals surface area contributed by atoms with Crippen molar-refractivity contribution in [1.29, 1.82) is 0 Å². The van der Waals surface area contributed by atoms with Crippen LogP contribution in [0.2, 0.25) is 0 Å². The van der Waals surface area contributed by atoms with E-state index in [1.54, 1.807) is 12.0 Å². The molecule has 6 nitrogen and oxygen atoms in total. The average molecular weight is 317 g/mol. The van der Waals surface area contributed by atoms with Gasteiger partial charge in [0.15, 0.2) is 0 Å². The minimum Gasteiger partial charge on any atom is -0.495 e. The van der Waals surface area contributed by atoms with Crippen molar-refractivity contribution in [2.45, 2.75) is 13.3 Å². The predicted molar refractivity (Wildman–Crippen MR) is 87.7 cm³/mol. The molecule has 0 saturated carbocycles. The fourth-order valence-electron chi connectivity index (χ4n) is 3.37. The Kier molecular flexibility index (Phi) is 4.41. The van der Waals surface area contributed by atoms with E-state index in [2.05, 4.69) is 4.90 Å². The van der Waals surface area contributed by atoms with Crippen LogP contribution in [0.3, 0.4) is 0 Å². The second-order valence-electron chi connectivity index (χ2n) is 6.07. The van der Waals surface area contributed by atoms with Crippen LogP contribution in [0.5, 0.6) is 5.75 Å². The van der Waals surface area contributed by atoms with Crippen LogP contribution in [0.15, 0.2) is 24.3 Å². The van der Waals surface area contributed by atoms with Gasteiger partial charge in [0.1, 0.15) is 12.3 Å². The maximum Gasteiger partial charge on any atom is 0.327 e. The van der Waals surface area contributed by atoms with E-state index in [1.165, 1.54) is 4.90 Å². The van der Waals surface area contributed by atoms with Gasteiger partial charge in [-0.1, -0.05) is 12.1 Å². The lowest BCUT2D eigenvalue weighted by atomic mass is 10.1. The number of methoxy groups -OCH3 is 1. The van der Waals surface area contributed by atoms with E-state index in [9.17, 15) is 9.59 Å². The molecule has 0 bridgehead atoms. The largest absolute Gasteiger partial charge is 0.495 e. The second kappa shape index (κ2) is 6.48. The number of ether oxygens (including phenoxy) is 1. The molecule has 0 N–H and O–H groups in total. The number of amides is 3. The number of anilines is 1. The van der Waals surface area contributed by atoms with Gasteiger partial charge in [0.05, 0.1) is 12.8 Å². The van der Waals surface area contributed by atoms with Gasteiger partial charge in [-0.2, -0.15) is 0 Å². The molecular formula is C17H23N3O3. The molecule has 1 atom stereocenters. The van der Waals surface area contributed by atoms with Gasteiger partial charge in [-0.05, 0) is 31.4 Å². The zero-order valence-corrected chi connectivity index (χ0v) is 13.7. The maximum absolute atomic E-state index is 12.2. The average Bonchev–Trinajstić information content (AvgIpc) is 3.14. The molecule has 1 aromatic carbocycles. The van der Waals surface area contributed by atoms with Crippen LogP contribution in [0, 0.1) is 5.92 Å². The lowest BCUT2D eigenvalue weighted by Crippen LogP contribution is -2.37. The molecule has 6 heteroatoms. The topological polar surface area (TPSA) is 53.1 Å². The molecule has 2 aliphatic heterocycles. The molecule has 124 valence electrons. The number of nitrogens with zero attached hydrogens (tertiary/aromatic N) is 3. The summed E-state index contributed by atoms with van der Waals surface area (Å²) in [5.74, 6) is 1.09. The molecule has 0 spiro atoms. The Morgan fingerprint density at radius 2 is 2.04 bits per heavy atom. The first-order valence-corrected chi connectivity index (χ1v) is 8.11. The number of para-hydroxylation sites is 2. The number of imide groups is 1. The SMILES string of the molecule is CCN1CC(=O)N(CC2CCN(c3ccccc3OC)C2)C1=O. The predicted octanol–water partition coefficient (Wildman–Crippen LogP) is 1.81. The quantitative estimate of drug-likeness (QED) is 0.777. The number of urea groups is 1. The van der Waals surface area contributed by atoms with E-state index in [4.69, 9.17) is 4.74 Å². The van der Waals surface area contributed by atoms with Gasteiger partial charge >= 0.3 is 6.03 Å². The van der Waals surface area contributed by atoms with Gasteiger partial charge in [0.2, 0.25) is 5.91 Å². The number of benzene rings is 1. The minimum absolute atomic E-state index is 0.0763. The van der Waals surface area contributed by atoms with Crippen LogP contribution >= 0.6 is 0 Å². The summed E-state index contributed by atoms with van der Waals surface area (Å²) in [5, 5.41) is 0. The highest BCUT2D eigenvalue weighted by Gasteiger charge is 2.37. The van der Waals surface area contributed by atoms with Gasteiger partial charge in [-0.25, -0.2) is 4.79 Å². The zero-order valence-electron chi connectivity index (χ0n) is 13.7. The van der Waals surface area contributed by atoms with Crippen LogP contribution < -0.4 is 9.64 Å². The Hall–Kier alpha value is -2.24. The molecule has 0 radical (unpaired) electrons. The van der Waals surface area contributed by atoms with E-state index in [-0.39, 0.29) is 18.5 Å². The fraction of sp³-hybridized carbons (Fsp3) is 0.529. The van der Waals surface area contributed by atoms with Crippen LogP contribution in [-0.2, 0) is 4.79 Å². The van der Waals surface area contributed by atoms with Crippen molar-refractivity contribution < 1.29 is 14.3 Å².